The quantitative estimate of drug-likeness (QED) is 0.685. The van der Waals surface area contributed by atoms with E-state index in [1.54, 1.807) is 4.09 Å². The summed E-state index contributed by atoms with van der Waals surface area (Å²) >= 11 is 5.76. The van der Waals surface area contributed by atoms with Crippen LogP contribution in [0.2, 0.25) is 0 Å². The number of nitrogens with zero attached hydrogens (tertiary/aromatic N) is 2. The Morgan fingerprint density at radius 2 is 2.36 bits per heavy atom. The minimum absolute atomic E-state index is 0.873. The Bertz CT molecular complexity index is 210. The van der Waals surface area contributed by atoms with Gasteiger partial charge in [-0.25, -0.2) is 9.07 Å². The molecule has 1 rings (SSSR count). The predicted molar refractivity (Wildman–Crippen MR) is 46.8 cm³/mol. The van der Waals surface area contributed by atoms with E-state index in [1.165, 1.54) is 12.8 Å². The van der Waals surface area contributed by atoms with Crippen molar-refractivity contribution in [3.63, 3.8) is 0 Å². The van der Waals surface area contributed by atoms with Crippen LogP contribution >= 0.6 is 11.8 Å². The molecule has 11 heavy (non-hydrogen) atoms. The Hall–Kier alpha value is -0.500. The Morgan fingerprint density at radius 1 is 1.64 bits per heavy atom. The first-order chi connectivity index (χ1) is 5.24. The van der Waals surface area contributed by atoms with Gasteiger partial charge in [-0.05, 0) is 19.8 Å². The summed E-state index contributed by atoms with van der Waals surface area (Å²) in [6.07, 6.45) is 5.31. The van der Waals surface area contributed by atoms with Gasteiger partial charge in [0.2, 0.25) is 0 Å². The number of halogens is 1. The van der Waals surface area contributed by atoms with Gasteiger partial charge >= 0.3 is 0 Å². The monoisotopic (exact) mass is 172 g/mol. The number of rotatable bonds is 3. The summed E-state index contributed by atoms with van der Waals surface area (Å²) in [7, 11) is 0. The lowest BCUT2D eigenvalue weighted by molar-refractivity contribution is 0.779. The maximum atomic E-state index is 5.76. The standard InChI is InChI=1S/C8H13ClN2/c1-3-4-5-8-6-11(9)7(2)10-8/h6H,3-5H2,1-2H3. The molecular formula is C8H13ClN2. The second-order valence-corrected chi connectivity index (χ2v) is 3.06. The molecule has 1 aromatic rings. The third-order valence-electron chi connectivity index (χ3n) is 1.66. The second kappa shape index (κ2) is 3.77. The summed E-state index contributed by atoms with van der Waals surface area (Å²) in [5.74, 6) is 0.873. The lowest BCUT2D eigenvalue weighted by atomic mass is 10.2. The first-order valence-corrected chi connectivity index (χ1v) is 4.29. The van der Waals surface area contributed by atoms with Crippen molar-refractivity contribution in [2.75, 3.05) is 0 Å². The lowest BCUT2D eigenvalue weighted by Crippen LogP contribution is -1.83. The zero-order valence-electron chi connectivity index (χ0n) is 6.97. The number of aryl methyl sites for hydroxylation is 2. The van der Waals surface area contributed by atoms with Crippen LogP contribution in [0.5, 0.6) is 0 Å². The molecule has 0 amide bonds. The molecule has 0 aliphatic carbocycles. The molecule has 0 saturated heterocycles. The smallest absolute Gasteiger partial charge is 0.120 e. The van der Waals surface area contributed by atoms with Crippen molar-refractivity contribution in [1.82, 2.24) is 9.07 Å². The van der Waals surface area contributed by atoms with E-state index < -0.39 is 0 Å². The van der Waals surface area contributed by atoms with E-state index in [2.05, 4.69) is 11.9 Å². The van der Waals surface area contributed by atoms with Crippen molar-refractivity contribution in [3.05, 3.63) is 17.7 Å². The fourth-order valence-corrected chi connectivity index (χ4v) is 1.14. The first kappa shape index (κ1) is 8.60. The molecule has 0 aliphatic heterocycles. The van der Waals surface area contributed by atoms with Gasteiger partial charge in [0, 0.05) is 18.0 Å². The van der Waals surface area contributed by atoms with Crippen LogP contribution in [-0.2, 0) is 6.42 Å². The van der Waals surface area contributed by atoms with Crippen LogP contribution in [0.3, 0.4) is 0 Å². The zero-order valence-corrected chi connectivity index (χ0v) is 7.73. The highest BCUT2D eigenvalue weighted by atomic mass is 35.5. The van der Waals surface area contributed by atoms with Crippen molar-refractivity contribution in [3.8, 4) is 0 Å². The molecule has 1 aromatic heterocycles. The van der Waals surface area contributed by atoms with E-state index in [1.807, 2.05) is 13.1 Å². The topological polar surface area (TPSA) is 17.8 Å². The molecule has 3 heteroatoms. The SMILES string of the molecule is CCCCc1cn(Cl)c(C)n1. The number of hydrogen-bond acceptors (Lipinski definition) is 1. The Kier molecular flexibility index (Phi) is 2.94. The minimum atomic E-state index is 0.873. The van der Waals surface area contributed by atoms with Crippen LogP contribution in [0.15, 0.2) is 6.20 Å². The summed E-state index contributed by atoms with van der Waals surface area (Å²) in [6, 6.07) is 0. The zero-order chi connectivity index (χ0) is 8.27. The average molecular weight is 173 g/mol. The van der Waals surface area contributed by atoms with Gasteiger partial charge in [0.1, 0.15) is 5.82 Å². The molecule has 0 aliphatic rings. The molecule has 62 valence electrons. The molecule has 0 spiro atoms. The maximum absolute atomic E-state index is 5.76. The Labute approximate surface area is 72.3 Å². The van der Waals surface area contributed by atoms with Crippen molar-refractivity contribution in [2.24, 2.45) is 0 Å². The third-order valence-corrected chi connectivity index (χ3v) is 2.01. The number of hydrogen-bond donors (Lipinski definition) is 0. The van der Waals surface area contributed by atoms with Crippen LogP contribution in [0, 0.1) is 6.92 Å². The van der Waals surface area contributed by atoms with Crippen LogP contribution in [0.1, 0.15) is 31.3 Å². The van der Waals surface area contributed by atoms with Crippen molar-refractivity contribution < 1.29 is 0 Å². The van der Waals surface area contributed by atoms with Gasteiger partial charge in [0.05, 0.1) is 5.69 Å². The fraction of sp³-hybridized carbons (Fsp3) is 0.625. The number of aromatic nitrogens is 2. The highest BCUT2D eigenvalue weighted by Gasteiger charge is 2.00. The van der Waals surface area contributed by atoms with Crippen LogP contribution in [0.4, 0.5) is 0 Å². The fourth-order valence-electron chi connectivity index (χ4n) is 0.987. The van der Waals surface area contributed by atoms with Gasteiger partial charge in [-0.2, -0.15) is 0 Å². The van der Waals surface area contributed by atoms with Gasteiger partial charge in [-0.15, -0.1) is 0 Å². The molecule has 0 aromatic carbocycles. The van der Waals surface area contributed by atoms with E-state index in [0.29, 0.717) is 0 Å². The molecule has 0 unspecified atom stereocenters. The Morgan fingerprint density at radius 3 is 2.82 bits per heavy atom. The summed E-state index contributed by atoms with van der Waals surface area (Å²) in [5, 5.41) is 0. The van der Waals surface area contributed by atoms with E-state index >= 15 is 0 Å². The molecular weight excluding hydrogens is 160 g/mol. The normalized spacial score (nSPS) is 10.5. The summed E-state index contributed by atoms with van der Waals surface area (Å²) in [4.78, 5) is 4.28. The number of imidazole rings is 1. The predicted octanol–water partition coefficient (Wildman–Crippen LogP) is 2.54. The van der Waals surface area contributed by atoms with Crippen LogP contribution in [0.25, 0.3) is 0 Å². The summed E-state index contributed by atoms with van der Waals surface area (Å²) < 4.78 is 1.55. The van der Waals surface area contributed by atoms with Crippen LogP contribution < -0.4 is 0 Å². The molecule has 1 heterocycles. The molecule has 0 N–H and O–H groups in total. The molecule has 0 fully saturated rings. The molecule has 2 nitrogen and oxygen atoms in total. The van der Waals surface area contributed by atoms with E-state index in [4.69, 9.17) is 11.8 Å². The molecule has 0 bridgehead atoms. The largest absolute Gasteiger partial charge is 0.246 e. The minimum Gasteiger partial charge on any atom is -0.246 e. The van der Waals surface area contributed by atoms with Crippen molar-refractivity contribution in [1.29, 1.82) is 0 Å². The summed E-state index contributed by atoms with van der Waals surface area (Å²) in [5.41, 5.74) is 1.10. The third kappa shape index (κ3) is 2.22. The first-order valence-electron chi connectivity index (χ1n) is 3.95. The van der Waals surface area contributed by atoms with Gasteiger partial charge < -0.3 is 0 Å². The molecule has 0 radical (unpaired) electrons. The lowest BCUT2D eigenvalue weighted by Gasteiger charge is -1.89. The molecule has 0 saturated carbocycles. The maximum Gasteiger partial charge on any atom is 0.120 e. The van der Waals surface area contributed by atoms with Crippen molar-refractivity contribution in [2.45, 2.75) is 33.1 Å². The van der Waals surface area contributed by atoms with E-state index in [9.17, 15) is 0 Å². The highest BCUT2D eigenvalue weighted by molar-refractivity contribution is 6.15. The van der Waals surface area contributed by atoms with Gasteiger partial charge in [0.25, 0.3) is 0 Å². The van der Waals surface area contributed by atoms with Gasteiger partial charge in [-0.3, -0.25) is 0 Å². The van der Waals surface area contributed by atoms with Gasteiger partial charge in [0.15, 0.2) is 0 Å². The van der Waals surface area contributed by atoms with Crippen molar-refractivity contribution >= 4 is 11.8 Å². The summed E-state index contributed by atoms with van der Waals surface area (Å²) in [6.45, 7) is 4.08. The molecule has 0 atom stereocenters. The van der Waals surface area contributed by atoms with E-state index in [0.717, 1.165) is 17.9 Å². The van der Waals surface area contributed by atoms with Crippen LogP contribution in [-0.4, -0.2) is 9.07 Å². The highest BCUT2D eigenvalue weighted by Crippen LogP contribution is 2.06. The Balaban J connectivity index is 2.58. The van der Waals surface area contributed by atoms with Gasteiger partial charge in [-0.1, -0.05) is 13.3 Å². The van der Waals surface area contributed by atoms with E-state index in [-0.39, 0.29) is 0 Å². The number of unbranched alkanes of at least 4 members (excludes halogenated alkanes) is 1. The average Bonchev–Trinajstić information content (AvgIpc) is 2.28. The second-order valence-electron chi connectivity index (χ2n) is 2.69.